The third-order valence-electron chi connectivity index (χ3n) is 6.75. The largest absolute Gasteiger partial charge is 0.352 e. The zero-order chi connectivity index (χ0) is 23.6. The van der Waals surface area contributed by atoms with Gasteiger partial charge in [-0.15, -0.1) is 0 Å². The van der Waals surface area contributed by atoms with Crippen LogP contribution in [0.2, 0.25) is 0 Å². The summed E-state index contributed by atoms with van der Waals surface area (Å²) in [4.78, 5) is 26.1. The monoisotopic (exact) mass is 469 g/mol. The van der Waals surface area contributed by atoms with Gasteiger partial charge in [-0.25, -0.2) is 8.42 Å². The number of nitrogens with one attached hydrogen (secondary N) is 1. The molecule has 0 aromatic heterocycles. The normalized spacial score (nSPS) is 17.1. The topological polar surface area (TPSA) is 86.8 Å². The van der Waals surface area contributed by atoms with Gasteiger partial charge in [0.1, 0.15) is 0 Å². The second kappa shape index (κ2) is 9.65. The van der Waals surface area contributed by atoms with E-state index in [4.69, 9.17) is 0 Å². The number of piperidine rings is 1. The lowest BCUT2D eigenvalue weighted by Crippen LogP contribution is -2.39. The van der Waals surface area contributed by atoms with Crippen molar-refractivity contribution in [3.05, 3.63) is 59.2 Å². The van der Waals surface area contributed by atoms with E-state index in [1.165, 1.54) is 11.2 Å². The van der Waals surface area contributed by atoms with Crippen LogP contribution in [0.4, 0.5) is 5.69 Å². The maximum absolute atomic E-state index is 13.2. The van der Waals surface area contributed by atoms with Crippen molar-refractivity contribution in [3.63, 3.8) is 0 Å². The fraction of sp³-hybridized carbons (Fsp3) is 0.440. The van der Waals surface area contributed by atoms with Gasteiger partial charge < -0.3 is 10.2 Å². The molecule has 0 saturated carbocycles. The third-order valence-corrected chi connectivity index (χ3v) is 8.64. The molecule has 33 heavy (non-hydrogen) atoms. The number of hydrogen-bond acceptors (Lipinski definition) is 4. The highest BCUT2D eigenvalue weighted by Crippen LogP contribution is 2.32. The van der Waals surface area contributed by atoms with Crippen LogP contribution in [0.5, 0.6) is 0 Å². The number of sulfonamides is 1. The average molecular weight is 470 g/mol. The highest BCUT2D eigenvalue weighted by molar-refractivity contribution is 7.89. The molecular weight excluding hydrogens is 438 g/mol. The highest BCUT2D eigenvalue weighted by Gasteiger charge is 2.32. The van der Waals surface area contributed by atoms with Crippen LogP contribution in [-0.4, -0.2) is 44.2 Å². The van der Waals surface area contributed by atoms with Gasteiger partial charge in [0.15, 0.2) is 0 Å². The van der Waals surface area contributed by atoms with Gasteiger partial charge in [-0.1, -0.05) is 24.3 Å². The summed E-state index contributed by atoms with van der Waals surface area (Å²) in [5.41, 5.74) is 3.95. The SMILES string of the molecule is CC(=O)N1CCc2cc(S(=O)(=O)N3CCC(CC(=O)NCc4ccccc4C)CC3)ccc21. The minimum Gasteiger partial charge on any atom is -0.352 e. The molecule has 7 nitrogen and oxygen atoms in total. The molecule has 1 fully saturated rings. The molecule has 4 rings (SSSR count). The van der Waals surface area contributed by atoms with Gasteiger partial charge in [0, 0.05) is 45.2 Å². The summed E-state index contributed by atoms with van der Waals surface area (Å²) in [6.45, 7) is 5.47. The van der Waals surface area contributed by atoms with Crippen molar-refractivity contribution in [2.45, 2.75) is 51.0 Å². The first-order valence-electron chi connectivity index (χ1n) is 11.5. The molecule has 0 atom stereocenters. The molecular formula is C25H31N3O4S. The van der Waals surface area contributed by atoms with Gasteiger partial charge in [0.2, 0.25) is 21.8 Å². The summed E-state index contributed by atoms with van der Waals surface area (Å²) in [7, 11) is -3.59. The number of anilines is 1. The molecule has 0 radical (unpaired) electrons. The Morgan fingerprint density at radius 3 is 2.48 bits per heavy atom. The summed E-state index contributed by atoms with van der Waals surface area (Å²) in [5.74, 6) is 0.153. The second-order valence-corrected chi connectivity index (χ2v) is 10.9. The lowest BCUT2D eigenvalue weighted by atomic mass is 9.94. The summed E-state index contributed by atoms with van der Waals surface area (Å²) in [5, 5.41) is 2.99. The molecule has 0 bridgehead atoms. The van der Waals surface area contributed by atoms with E-state index >= 15 is 0 Å². The van der Waals surface area contributed by atoms with Crippen molar-refractivity contribution in [1.82, 2.24) is 9.62 Å². The zero-order valence-corrected chi connectivity index (χ0v) is 20.0. The number of aryl methyl sites for hydroxylation is 1. The number of amides is 2. The predicted octanol–water partition coefficient (Wildman–Crippen LogP) is 3.01. The van der Waals surface area contributed by atoms with Gasteiger partial charge in [0.05, 0.1) is 4.90 Å². The Bertz CT molecular complexity index is 1150. The number of hydrogen-bond donors (Lipinski definition) is 1. The number of nitrogens with zero attached hydrogens (tertiary/aromatic N) is 2. The third kappa shape index (κ3) is 5.12. The number of fused-ring (bicyclic) bond motifs is 1. The van der Waals surface area contributed by atoms with Gasteiger partial charge in [-0.05, 0) is 67.0 Å². The maximum atomic E-state index is 13.2. The van der Waals surface area contributed by atoms with Gasteiger partial charge in [0.25, 0.3) is 0 Å². The Hall–Kier alpha value is -2.71. The molecule has 2 aromatic rings. The Labute approximate surface area is 195 Å². The molecule has 2 amide bonds. The highest BCUT2D eigenvalue weighted by atomic mass is 32.2. The lowest BCUT2D eigenvalue weighted by molar-refractivity contribution is -0.122. The van der Waals surface area contributed by atoms with E-state index in [0.29, 0.717) is 51.9 Å². The number of benzene rings is 2. The van der Waals surface area contributed by atoms with Crippen molar-refractivity contribution in [1.29, 1.82) is 0 Å². The maximum Gasteiger partial charge on any atom is 0.243 e. The van der Waals surface area contributed by atoms with Crippen LogP contribution in [0.15, 0.2) is 47.4 Å². The minimum atomic E-state index is -3.59. The van der Waals surface area contributed by atoms with E-state index in [1.807, 2.05) is 31.2 Å². The Morgan fingerprint density at radius 1 is 1.06 bits per heavy atom. The van der Waals surface area contributed by atoms with Gasteiger partial charge in [-0.3, -0.25) is 9.59 Å². The average Bonchev–Trinajstić information content (AvgIpc) is 3.23. The Kier molecular flexibility index (Phi) is 6.86. The molecule has 8 heteroatoms. The molecule has 1 saturated heterocycles. The van der Waals surface area contributed by atoms with Crippen LogP contribution >= 0.6 is 0 Å². The van der Waals surface area contributed by atoms with E-state index in [-0.39, 0.29) is 22.6 Å². The molecule has 176 valence electrons. The first kappa shape index (κ1) is 23.4. The molecule has 2 heterocycles. The Balaban J connectivity index is 1.31. The molecule has 0 spiro atoms. The van der Waals surface area contributed by atoms with Crippen LogP contribution < -0.4 is 10.2 Å². The van der Waals surface area contributed by atoms with Gasteiger partial charge >= 0.3 is 0 Å². The van der Waals surface area contributed by atoms with Crippen LogP contribution in [-0.2, 0) is 32.6 Å². The van der Waals surface area contributed by atoms with Crippen LogP contribution in [0.25, 0.3) is 0 Å². The quantitative estimate of drug-likeness (QED) is 0.705. The molecule has 0 aliphatic carbocycles. The lowest BCUT2D eigenvalue weighted by Gasteiger charge is -2.31. The van der Waals surface area contributed by atoms with Gasteiger partial charge in [-0.2, -0.15) is 4.31 Å². The van der Waals surface area contributed by atoms with Crippen molar-refractivity contribution in [2.75, 3.05) is 24.5 Å². The van der Waals surface area contributed by atoms with Crippen molar-refractivity contribution >= 4 is 27.5 Å². The Morgan fingerprint density at radius 2 is 1.79 bits per heavy atom. The minimum absolute atomic E-state index is 0.00760. The molecule has 2 aromatic carbocycles. The fourth-order valence-electron chi connectivity index (χ4n) is 4.71. The first-order chi connectivity index (χ1) is 15.8. The zero-order valence-electron chi connectivity index (χ0n) is 19.2. The second-order valence-electron chi connectivity index (χ2n) is 8.97. The van der Waals surface area contributed by atoms with E-state index in [9.17, 15) is 18.0 Å². The van der Waals surface area contributed by atoms with E-state index < -0.39 is 10.0 Å². The smallest absolute Gasteiger partial charge is 0.243 e. The summed E-state index contributed by atoms with van der Waals surface area (Å²) >= 11 is 0. The molecule has 1 N–H and O–H groups in total. The van der Waals surface area contributed by atoms with Crippen LogP contribution in [0.1, 0.15) is 42.9 Å². The number of carbonyl (C=O) groups excluding carboxylic acids is 2. The number of carbonyl (C=O) groups is 2. The predicted molar refractivity (Wildman–Crippen MR) is 127 cm³/mol. The molecule has 0 unspecified atom stereocenters. The van der Waals surface area contributed by atoms with E-state index in [1.54, 1.807) is 23.1 Å². The number of rotatable bonds is 6. The van der Waals surface area contributed by atoms with Crippen molar-refractivity contribution < 1.29 is 18.0 Å². The summed E-state index contributed by atoms with van der Waals surface area (Å²) in [6.07, 6.45) is 2.41. The summed E-state index contributed by atoms with van der Waals surface area (Å²) in [6, 6.07) is 13.0. The van der Waals surface area contributed by atoms with E-state index in [0.717, 1.165) is 22.4 Å². The molecule has 2 aliphatic rings. The standard InChI is InChI=1S/C25H31N3O4S/c1-18-5-3-4-6-22(18)17-26-25(30)15-20-9-12-27(13-10-20)33(31,32)23-7-8-24-21(16-23)11-14-28(24)19(2)29/h3-8,16,20H,9-15,17H2,1-2H3,(H,26,30). The van der Waals surface area contributed by atoms with Crippen molar-refractivity contribution in [3.8, 4) is 0 Å². The fourth-order valence-corrected chi connectivity index (χ4v) is 6.23. The first-order valence-corrected chi connectivity index (χ1v) is 12.9. The van der Waals surface area contributed by atoms with Crippen LogP contribution in [0, 0.1) is 12.8 Å². The van der Waals surface area contributed by atoms with E-state index in [2.05, 4.69) is 5.32 Å². The van der Waals surface area contributed by atoms with Crippen molar-refractivity contribution in [2.24, 2.45) is 5.92 Å². The van der Waals surface area contributed by atoms with Crippen LogP contribution in [0.3, 0.4) is 0 Å². The summed E-state index contributed by atoms with van der Waals surface area (Å²) < 4.78 is 27.9. The molecule has 2 aliphatic heterocycles.